The zero-order valence-electron chi connectivity index (χ0n) is 16.9. The molecule has 0 saturated heterocycles. The van der Waals surface area contributed by atoms with E-state index in [9.17, 15) is 14.4 Å². The minimum atomic E-state index is -0.616. The lowest BCUT2D eigenvalue weighted by atomic mass is 10.0. The van der Waals surface area contributed by atoms with Crippen molar-refractivity contribution in [3.05, 3.63) is 83.2 Å². The topological polar surface area (TPSA) is 87.0 Å². The molecular formula is C22H18N2O5S2. The summed E-state index contributed by atoms with van der Waals surface area (Å²) in [5, 5.41) is 1.89. The molecule has 1 unspecified atom stereocenters. The van der Waals surface area contributed by atoms with Crippen molar-refractivity contribution in [1.29, 1.82) is 0 Å². The van der Waals surface area contributed by atoms with E-state index in [4.69, 9.17) is 9.47 Å². The Morgan fingerprint density at radius 3 is 2.65 bits per heavy atom. The number of benzene rings is 1. The summed E-state index contributed by atoms with van der Waals surface area (Å²) in [6.07, 6.45) is 1.67. The molecule has 0 saturated carbocycles. The van der Waals surface area contributed by atoms with Gasteiger partial charge in [-0.2, -0.15) is 0 Å². The predicted octanol–water partition coefficient (Wildman–Crippen LogP) is 2.40. The van der Waals surface area contributed by atoms with Gasteiger partial charge in [0.05, 0.1) is 22.9 Å². The van der Waals surface area contributed by atoms with Gasteiger partial charge >= 0.3 is 11.9 Å². The molecule has 1 aromatic carbocycles. The average molecular weight is 455 g/mol. The smallest absolute Gasteiger partial charge is 0.338 e. The molecule has 1 atom stereocenters. The number of esters is 2. The van der Waals surface area contributed by atoms with Gasteiger partial charge in [-0.25, -0.2) is 9.79 Å². The largest absolute Gasteiger partial charge is 0.466 e. The van der Waals surface area contributed by atoms with Crippen molar-refractivity contribution < 1.29 is 19.1 Å². The fraction of sp³-hybridized carbons (Fsp3) is 0.182. The molecule has 1 aliphatic heterocycles. The number of thiophene rings is 1. The van der Waals surface area contributed by atoms with E-state index in [-0.39, 0.29) is 5.56 Å². The third kappa shape index (κ3) is 3.89. The summed E-state index contributed by atoms with van der Waals surface area (Å²) in [5.41, 5.74) is 1.16. The number of thiazole rings is 1. The van der Waals surface area contributed by atoms with E-state index < -0.39 is 18.0 Å². The lowest BCUT2D eigenvalue weighted by Gasteiger charge is -2.22. The number of methoxy groups -OCH3 is 1. The van der Waals surface area contributed by atoms with Crippen molar-refractivity contribution in [3.63, 3.8) is 0 Å². The maximum Gasteiger partial charge on any atom is 0.338 e. The maximum absolute atomic E-state index is 13.4. The second-order valence-corrected chi connectivity index (χ2v) is 8.71. The Balaban J connectivity index is 1.94. The molecule has 1 aliphatic rings. The van der Waals surface area contributed by atoms with Gasteiger partial charge in [0.15, 0.2) is 4.80 Å². The van der Waals surface area contributed by atoms with Crippen molar-refractivity contribution in [1.82, 2.24) is 4.57 Å². The van der Waals surface area contributed by atoms with Crippen LogP contribution in [0.25, 0.3) is 6.08 Å². The van der Waals surface area contributed by atoms with E-state index in [1.54, 1.807) is 37.3 Å². The first-order valence-electron chi connectivity index (χ1n) is 9.32. The first-order chi connectivity index (χ1) is 14.9. The summed E-state index contributed by atoms with van der Waals surface area (Å²) in [6, 6.07) is 10.1. The van der Waals surface area contributed by atoms with Crippen molar-refractivity contribution in [2.45, 2.75) is 19.9 Å². The summed E-state index contributed by atoms with van der Waals surface area (Å²) in [7, 11) is 1.31. The van der Waals surface area contributed by atoms with Crippen molar-refractivity contribution in [2.24, 2.45) is 4.99 Å². The number of para-hydroxylation sites is 1. The van der Waals surface area contributed by atoms with E-state index in [1.165, 1.54) is 41.3 Å². The van der Waals surface area contributed by atoms with Crippen molar-refractivity contribution in [2.75, 3.05) is 7.11 Å². The van der Waals surface area contributed by atoms with Crippen LogP contribution in [0.15, 0.2) is 62.8 Å². The van der Waals surface area contributed by atoms with Crippen LogP contribution in [0.4, 0.5) is 0 Å². The Morgan fingerprint density at radius 2 is 1.97 bits per heavy atom. The zero-order valence-corrected chi connectivity index (χ0v) is 18.6. The average Bonchev–Trinajstić information content (AvgIpc) is 3.36. The van der Waals surface area contributed by atoms with E-state index in [0.29, 0.717) is 31.9 Å². The minimum Gasteiger partial charge on any atom is -0.466 e. The number of hydrogen-bond donors (Lipinski definition) is 0. The molecule has 0 N–H and O–H groups in total. The van der Waals surface area contributed by atoms with Gasteiger partial charge in [0.1, 0.15) is 11.8 Å². The molecule has 0 bridgehead atoms. The van der Waals surface area contributed by atoms with E-state index in [0.717, 1.165) is 4.88 Å². The first kappa shape index (κ1) is 21.0. The summed E-state index contributed by atoms with van der Waals surface area (Å²) in [4.78, 5) is 43.2. The predicted molar refractivity (Wildman–Crippen MR) is 118 cm³/mol. The van der Waals surface area contributed by atoms with Crippen molar-refractivity contribution in [3.8, 4) is 5.75 Å². The summed E-state index contributed by atoms with van der Waals surface area (Å²) >= 11 is 2.67. The molecular weight excluding hydrogens is 436 g/mol. The number of nitrogens with zero attached hydrogens (tertiary/aromatic N) is 2. The van der Waals surface area contributed by atoms with Gasteiger partial charge in [0, 0.05) is 17.4 Å². The molecule has 3 heterocycles. The number of ether oxygens (including phenoxy) is 2. The Morgan fingerprint density at radius 1 is 1.19 bits per heavy atom. The third-order valence-corrected chi connectivity index (χ3v) is 6.61. The second-order valence-electron chi connectivity index (χ2n) is 6.72. The van der Waals surface area contributed by atoms with Crippen LogP contribution in [0.1, 0.15) is 30.3 Å². The Bertz CT molecular complexity index is 1380. The molecule has 2 aromatic heterocycles. The molecule has 0 spiro atoms. The third-order valence-electron chi connectivity index (χ3n) is 4.70. The molecule has 158 valence electrons. The van der Waals surface area contributed by atoms with Gasteiger partial charge in [-0.1, -0.05) is 35.6 Å². The van der Waals surface area contributed by atoms with Gasteiger partial charge in [-0.3, -0.25) is 14.2 Å². The number of aromatic nitrogens is 1. The molecule has 3 aromatic rings. The number of hydrogen-bond acceptors (Lipinski definition) is 8. The molecule has 31 heavy (non-hydrogen) atoms. The molecule has 0 fully saturated rings. The highest BCUT2D eigenvalue weighted by molar-refractivity contribution is 7.10. The molecule has 0 amide bonds. The van der Waals surface area contributed by atoms with E-state index in [2.05, 4.69) is 4.99 Å². The van der Waals surface area contributed by atoms with Gasteiger partial charge < -0.3 is 9.47 Å². The SMILES string of the molecule is COC(=O)C1=C(C)N=c2s/c(=C/c3ccccc3OC(C)=O)c(=O)n2C1c1cccs1. The van der Waals surface area contributed by atoms with Gasteiger partial charge in [0.2, 0.25) is 0 Å². The fourth-order valence-corrected chi connectivity index (χ4v) is 5.26. The molecule has 9 heteroatoms. The number of fused-ring (bicyclic) bond motifs is 1. The van der Waals surface area contributed by atoms with E-state index in [1.807, 2.05) is 17.5 Å². The highest BCUT2D eigenvalue weighted by atomic mass is 32.1. The standard InChI is InChI=1S/C22H18N2O5S2/c1-12-18(21(27)28-3)19(16-9-6-10-30-16)24-20(26)17(31-22(24)23-12)11-14-7-4-5-8-15(14)29-13(2)25/h4-11,19H,1-3H3/b17-11+. The number of carbonyl (C=O) groups excluding carboxylic acids is 2. The fourth-order valence-electron chi connectivity index (χ4n) is 3.40. The molecule has 7 nitrogen and oxygen atoms in total. The number of allylic oxidation sites excluding steroid dienone is 1. The van der Waals surface area contributed by atoms with Gasteiger partial charge in [0.25, 0.3) is 5.56 Å². The Hall–Kier alpha value is -3.30. The normalized spacial score (nSPS) is 16.0. The van der Waals surface area contributed by atoms with Crippen LogP contribution in [-0.2, 0) is 14.3 Å². The van der Waals surface area contributed by atoms with Crippen LogP contribution in [-0.4, -0.2) is 23.6 Å². The molecule has 0 aliphatic carbocycles. The summed E-state index contributed by atoms with van der Waals surface area (Å²) in [5.74, 6) is -0.602. The Kier molecular flexibility index (Phi) is 5.71. The lowest BCUT2D eigenvalue weighted by Crippen LogP contribution is -2.39. The molecule has 0 radical (unpaired) electrons. The van der Waals surface area contributed by atoms with Gasteiger partial charge in [-0.15, -0.1) is 11.3 Å². The highest BCUT2D eigenvalue weighted by Gasteiger charge is 2.33. The van der Waals surface area contributed by atoms with Crippen molar-refractivity contribution >= 4 is 40.7 Å². The van der Waals surface area contributed by atoms with Crippen LogP contribution in [0.2, 0.25) is 0 Å². The Labute approximate surface area is 185 Å². The summed E-state index contributed by atoms with van der Waals surface area (Å²) in [6.45, 7) is 3.06. The quantitative estimate of drug-likeness (QED) is 0.446. The zero-order chi connectivity index (χ0) is 22.1. The summed E-state index contributed by atoms with van der Waals surface area (Å²) < 4.78 is 12.2. The highest BCUT2D eigenvalue weighted by Crippen LogP contribution is 2.33. The minimum absolute atomic E-state index is 0.284. The lowest BCUT2D eigenvalue weighted by molar-refractivity contribution is -0.136. The van der Waals surface area contributed by atoms with E-state index >= 15 is 0 Å². The van der Waals surface area contributed by atoms with Gasteiger partial charge in [-0.05, 0) is 30.5 Å². The monoisotopic (exact) mass is 454 g/mol. The van der Waals surface area contributed by atoms with Crippen LogP contribution in [0.5, 0.6) is 5.75 Å². The van der Waals surface area contributed by atoms with Crippen LogP contribution in [0, 0.1) is 0 Å². The number of rotatable bonds is 4. The molecule has 4 rings (SSSR count). The second kappa shape index (κ2) is 8.44. The van der Waals surface area contributed by atoms with Crippen LogP contribution >= 0.6 is 22.7 Å². The number of carbonyl (C=O) groups is 2. The van der Waals surface area contributed by atoms with Crippen LogP contribution < -0.4 is 19.6 Å². The maximum atomic E-state index is 13.4. The first-order valence-corrected chi connectivity index (χ1v) is 11.0. The van der Waals surface area contributed by atoms with Crippen LogP contribution in [0.3, 0.4) is 0 Å².